The van der Waals surface area contributed by atoms with E-state index >= 15 is 0 Å². The molecule has 0 fully saturated rings. The van der Waals surface area contributed by atoms with Gasteiger partial charge in [-0.1, -0.05) is 23.7 Å². The molecule has 2 aromatic rings. The highest BCUT2D eigenvalue weighted by Crippen LogP contribution is 2.24. The maximum atomic E-state index is 13.1. The Labute approximate surface area is 110 Å². The first-order valence-electron chi connectivity index (χ1n) is 5.53. The lowest BCUT2D eigenvalue weighted by Crippen LogP contribution is -2.03. The van der Waals surface area contributed by atoms with Crippen LogP contribution in [0.4, 0.5) is 10.1 Å². The van der Waals surface area contributed by atoms with Gasteiger partial charge in [0.05, 0.1) is 6.10 Å². The third-order valence-electron chi connectivity index (χ3n) is 2.74. The maximum absolute atomic E-state index is 13.1. The summed E-state index contributed by atoms with van der Waals surface area (Å²) in [6, 6.07) is 11.0. The van der Waals surface area contributed by atoms with E-state index in [0.717, 1.165) is 5.56 Å². The summed E-state index contributed by atoms with van der Waals surface area (Å²) in [6.45, 7) is 0. The topological polar surface area (TPSA) is 46.2 Å². The van der Waals surface area contributed by atoms with Crippen LogP contribution in [0.2, 0.25) is 5.02 Å². The minimum Gasteiger partial charge on any atom is -0.399 e. The van der Waals surface area contributed by atoms with Gasteiger partial charge in [0.15, 0.2) is 0 Å². The molecule has 0 amide bonds. The first kappa shape index (κ1) is 12.9. The number of rotatable bonds is 3. The molecular formula is C14H13ClFNO. The molecule has 0 bridgehead atoms. The zero-order chi connectivity index (χ0) is 13.1. The summed E-state index contributed by atoms with van der Waals surface area (Å²) in [7, 11) is 0. The molecule has 0 aliphatic rings. The third kappa shape index (κ3) is 3.00. The maximum Gasteiger partial charge on any atom is 0.123 e. The molecule has 4 heteroatoms. The fourth-order valence-electron chi connectivity index (χ4n) is 1.74. The fourth-order valence-corrected chi connectivity index (χ4v) is 1.94. The van der Waals surface area contributed by atoms with Crippen molar-refractivity contribution >= 4 is 17.3 Å². The minimum atomic E-state index is -0.732. The normalized spacial score (nSPS) is 12.4. The van der Waals surface area contributed by atoms with Gasteiger partial charge in [-0.05, 0) is 41.5 Å². The van der Waals surface area contributed by atoms with E-state index in [9.17, 15) is 9.50 Å². The molecule has 2 nitrogen and oxygen atoms in total. The SMILES string of the molecule is Nc1ccc(C(O)Cc2cc(F)ccc2Cl)cc1. The smallest absolute Gasteiger partial charge is 0.123 e. The summed E-state index contributed by atoms with van der Waals surface area (Å²) >= 11 is 5.96. The number of hydrogen-bond acceptors (Lipinski definition) is 2. The predicted octanol–water partition coefficient (Wildman–Crippen LogP) is 3.34. The largest absolute Gasteiger partial charge is 0.399 e. The van der Waals surface area contributed by atoms with E-state index in [2.05, 4.69) is 0 Å². The molecular weight excluding hydrogens is 253 g/mol. The van der Waals surface area contributed by atoms with Crippen LogP contribution in [0.25, 0.3) is 0 Å². The van der Waals surface area contributed by atoms with E-state index in [-0.39, 0.29) is 12.2 Å². The van der Waals surface area contributed by atoms with E-state index in [0.29, 0.717) is 16.3 Å². The van der Waals surface area contributed by atoms with Gasteiger partial charge in [0, 0.05) is 17.1 Å². The van der Waals surface area contributed by atoms with Gasteiger partial charge in [-0.3, -0.25) is 0 Å². The van der Waals surface area contributed by atoms with Gasteiger partial charge in [0.1, 0.15) is 5.82 Å². The van der Waals surface area contributed by atoms with Crippen molar-refractivity contribution in [2.75, 3.05) is 5.73 Å². The van der Waals surface area contributed by atoms with Crippen LogP contribution < -0.4 is 5.73 Å². The summed E-state index contributed by atoms with van der Waals surface area (Å²) in [6.07, 6.45) is -0.467. The number of hydrogen-bond donors (Lipinski definition) is 2. The molecule has 2 rings (SSSR count). The van der Waals surface area contributed by atoms with Crippen LogP contribution in [0.5, 0.6) is 0 Å². The average molecular weight is 266 g/mol. The summed E-state index contributed by atoms with van der Waals surface area (Å²) in [4.78, 5) is 0. The van der Waals surface area contributed by atoms with Gasteiger partial charge < -0.3 is 10.8 Å². The molecule has 1 atom stereocenters. The van der Waals surface area contributed by atoms with Crippen LogP contribution in [0.3, 0.4) is 0 Å². The molecule has 0 radical (unpaired) electrons. The van der Waals surface area contributed by atoms with Crippen LogP contribution >= 0.6 is 11.6 Å². The Bertz CT molecular complexity index is 542. The zero-order valence-corrected chi connectivity index (χ0v) is 10.4. The number of aliphatic hydroxyl groups excluding tert-OH is 1. The van der Waals surface area contributed by atoms with Crippen LogP contribution in [0.15, 0.2) is 42.5 Å². The van der Waals surface area contributed by atoms with Gasteiger partial charge in [0.2, 0.25) is 0 Å². The molecule has 1 unspecified atom stereocenters. The lowest BCUT2D eigenvalue weighted by Gasteiger charge is -2.12. The quantitative estimate of drug-likeness (QED) is 0.836. The van der Waals surface area contributed by atoms with Gasteiger partial charge in [-0.15, -0.1) is 0 Å². The number of aliphatic hydroxyl groups is 1. The van der Waals surface area contributed by atoms with Crippen LogP contribution in [-0.2, 0) is 6.42 Å². The lowest BCUT2D eigenvalue weighted by molar-refractivity contribution is 0.178. The Hall–Kier alpha value is -1.58. The molecule has 0 aliphatic heterocycles. The fraction of sp³-hybridized carbons (Fsp3) is 0.143. The second-order valence-electron chi connectivity index (χ2n) is 4.12. The Morgan fingerprint density at radius 1 is 1.17 bits per heavy atom. The minimum absolute atomic E-state index is 0.264. The monoisotopic (exact) mass is 265 g/mol. The summed E-state index contributed by atoms with van der Waals surface area (Å²) in [5.74, 6) is -0.362. The first-order chi connectivity index (χ1) is 8.56. The second kappa shape index (κ2) is 5.38. The van der Waals surface area contributed by atoms with Crippen molar-refractivity contribution in [3.63, 3.8) is 0 Å². The molecule has 0 saturated carbocycles. The van der Waals surface area contributed by atoms with Crippen LogP contribution in [-0.4, -0.2) is 5.11 Å². The molecule has 0 aromatic heterocycles. The number of anilines is 1. The van der Waals surface area contributed by atoms with Crippen LogP contribution in [0, 0.1) is 5.82 Å². The molecule has 0 spiro atoms. The highest BCUT2D eigenvalue weighted by Gasteiger charge is 2.11. The average Bonchev–Trinajstić information content (AvgIpc) is 2.34. The Morgan fingerprint density at radius 3 is 2.50 bits per heavy atom. The number of nitrogen functional groups attached to an aromatic ring is 1. The summed E-state index contributed by atoms with van der Waals surface area (Å²) < 4.78 is 13.1. The van der Waals surface area contributed by atoms with Gasteiger partial charge in [-0.2, -0.15) is 0 Å². The molecule has 94 valence electrons. The first-order valence-corrected chi connectivity index (χ1v) is 5.91. The van der Waals surface area contributed by atoms with E-state index in [1.807, 2.05) is 0 Å². The highest BCUT2D eigenvalue weighted by molar-refractivity contribution is 6.31. The molecule has 2 aromatic carbocycles. The number of nitrogens with two attached hydrogens (primary N) is 1. The lowest BCUT2D eigenvalue weighted by atomic mass is 10.0. The van der Waals surface area contributed by atoms with E-state index in [4.69, 9.17) is 17.3 Å². The van der Waals surface area contributed by atoms with Crippen molar-refractivity contribution in [3.8, 4) is 0 Å². The van der Waals surface area contributed by atoms with Gasteiger partial charge in [-0.25, -0.2) is 4.39 Å². The highest BCUT2D eigenvalue weighted by atomic mass is 35.5. The van der Waals surface area contributed by atoms with Gasteiger partial charge in [0.25, 0.3) is 0 Å². The van der Waals surface area contributed by atoms with Crippen molar-refractivity contribution in [2.24, 2.45) is 0 Å². The van der Waals surface area contributed by atoms with E-state index in [1.165, 1.54) is 18.2 Å². The summed E-state index contributed by atoms with van der Waals surface area (Å²) in [5.41, 5.74) is 7.52. The standard InChI is InChI=1S/C14H13ClFNO/c15-13-6-3-11(16)7-10(13)8-14(18)9-1-4-12(17)5-2-9/h1-7,14,18H,8,17H2. The van der Waals surface area contributed by atoms with Crippen molar-refractivity contribution in [3.05, 3.63) is 64.4 Å². The van der Waals surface area contributed by atoms with Crippen molar-refractivity contribution < 1.29 is 9.50 Å². The van der Waals surface area contributed by atoms with Crippen LogP contribution in [0.1, 0.15) is 17.2 Å². The molecule has 0 heterocycles. The predicted molar refractivity (Wildman–Crippen MR) is 70.9 cm³/mol. The van der Waals surface area contributed by atoms with Crippen molar-refractivity contribution in [2.45, 2.75) is 12.5 Å². The zero-order valence-electron chi connectivity index (χ0n) is 9.61. The Kier molecular flexibility index (Phi) is 3.84. The number of halogens is 2. The molecule has 0 saturated heterocycles. The molecule has 0 aliphatic carbocycles. The molecule has 3 N–H and O–H groups in total. The second-order valence-corrected chi connectivity index (χ2v) is 4.53. The third-order valence-corrected chi connectivity index (χ3v) is 3.11. The van der Waals surface area contributed by atoms with Gasteiger partial charge >= 0.3 is 0 Å². The Balaban J connectivity index is 2.18. The van der Waals surface area contributed by atoms with E-state index < -0.39 is 6.10 Å². The summed E-state index contributed by atoms with van der Waals surface area (Å²) in [5, 5.41) is 10.5. The van der Waals surface area contributed by atoms with Crippen molar-refractivity contribution in [1.29, 1.82) is 0 Å². The molecule has 18 heavy (non-hydrogen) atoms. The van der Waals surface area contributed by atoms with E-state index in [1.54, 1.807) is 24.3 Å². The van der Waals surface area contributed by atoms with Crippen molar-refractivity contribution in [1.82, 2.24) is 0 Å². The Morgan fingerprint density at radius 2 is 1.83 bits per heavy atom. The number of benzene rings is 2.